The predicted molar refractivity (Wildman–Crippen MR) is 48.3 cm³/mol. The number of hydrogen-bond acceptors (Lipinski definition) is 2. The van der Waals surface area contributed by atoms with Gasteiger partial charge in [-0.2, -0.15) is 5.90 Å². The molecule has 0 aliphatic rings. The number of rotatable bonds is 1. The second kappa shape index (κ2) is 4.44. The van der Waals surface area contributed by atoms with Crippen LogP contribution in [-0.2, 0) is 0 Å². The Labute approximate surface area is 76.7 Å². The second-order valence-corrected chi connectivity index (χ2v) is 2.46. The molecule has 0 radical (unpaired) electrons. The third kappa shape index (κ3) is 2.58. The van der Waals surface area contributed by atoms with E-state index in [-0.39, 0.29) is 12.4 Å². The van der Waals surface area contributed by atoms with E-state index in [0.717, 1.165) is 5.56 Å². The third-order valence-electron chi connectivity index (χ3n) is 1.28. The molecule has 2 N–H and O–H groups in total. The van der Waals surface area contributed by atoms with Crippen LogP contribution in [0.2, 0.25) is 5.02 Å². The largest absolute Gasteiger partial charge is 0.411 e. The van der Waals surface area contributed by atoms with E-state index in [2.05, 4.69) is 4.84 Å². The molecule has 0 amide bonds. The van der Waals surface area contributed by atoms with E-state index in [1.54, 1.807) is 12.1 Å². The average Bonchev–Trinajstić information content (AvgIpc) is 1.94. The highest BCUT2D eigenvalue weighted by molar-refractivity contribution is 6.30. The Morgan fingerprint density at radius 2 is 2.09 bits per heavy atom. The van der Waals surface area contributed by atoms with Gasteiger partial charge in [0.25, 0.3) is 0 Å². The van der Waals surface area contributed by atoms with Crippen molar-refractivity contribution in [3.05, 3.63) is 28.8 Å². The number of nitrogens with two attached hydrogens (primary N) is 1. The maximum atomic E-state index is 5.66. The Hall–Kier alpha value is -0.440. The van der Waals surface area contributed by atoms with Crippen LogP contribution in [0.1, 0.15) is 5.56 Å². The van der Waals surface area contributed by atoms with Crippen molar-refractivity contribution in [1.82, 2.24) is 0 Å². The van der Waals surface area contributed by atoms with E-state index in [9.17, 15) is 0 Å². The van der Waals surface area contributed by atoms with E-state index >= 15 is 0 Å². The molecule has 0 spiro atoms. The Balaban J connectivity index is 0.000001000. The van der Waals surface area contributed by atoms with E-state index in [1.807, 2.05) is 13.0 Å². The van der Waals surface area contributed by atoms with Gasteiger partial charge in [-0.1, -0.05) is 17.7 Å². The van der Waals surface area contributed by atoms with Crippen LogP contribution < -0.4 is 10.7 Å². The van der Waals surface area contributed by atoms with Crippen LogP contribution in [0.25, 0.3) is 0 Å². The molecule has 0 aliphatic carbocycles. The summed E-state index contributed by atoms with van der Waals surface area (Å²) in [6, 6.07) is 5.32. The van der Waals surface area contributed by atoms with Gasteiger partial charge < -0.3 is 4.84 Å². The molecule has 62 valence electrons. The molecule has 0 atom stereocenters. The lowest BCUT2D eigenvalue weighted by Crippen LogP contribution is -2.02. The normalized spacial score (nSPS) is 8.64. The molecule has 0 heterocycles. The van der Waals surface area contributed by atoms with Gasteiger partial charge in [-0.3, -0.25) is 0 Å². The van der Waals surface area contributed by atoms with Gasteiger partial charge in [-0.15, -0.1) is 12.4 Å². The minimum absolute atomic E-state index is 0. The molecular weight excluding hydrogens is 185 g/mol. The molecule has 0 bridgehead atoms. The zero-order valence-corrected chi connectivity index (χ0v) is 7.58. The number of halogens is 2. The van der Waals surface area contributed by atoms with Crippen LogP contribution in [0.4, 0.5) is 0 Å². The lowest BCUT2D eigenvalue weighted by atomic mass is 10.2. The van der Waals surface area contributed by atoms with Crippen molar-refractivity contribution in [1.29, 1.82) is 0 Å². The minimum Gasteiger partial charge on any atom is -0.411 e. The molecule has 0 fully saturated rings. The van der Waals surface area contributed by atoms with Crippen molar-refractivity contribution in [2.75, 3.05) is 0 Å². The Morgan fingerprint density at radius 3 is 2.55 bits per heavy atom. The highest BCUT2D eigenvalue weighted by Crippen LogP contribution is 2.20. The standard InChI is InChI=1S/C7H8ClNO.ClH/c1-5-2-3-6(8)4-7(5)10-9;/h2-4H,9H2,1H3;1H. The Bertz CT molecular complexity index is 240. The van der Waals surface area contributed by atoms with Crippen LogP contribution in [-0.4, -0.2) is 0 Å². The van der Waals surface area contributed by atoms with Crippen molar-refractivity contribution in [2.45, 2.75) is 6.92 Å². The first-order valence-electron chi connectivity index (χ1n) is 2.87. The van der Waals surface area contributed by atoms with E-state index in [1.165, 1.54) is 0 Å². The summed E-state index contributed by atoms with van der Waals surface area (Å²) in [6.07, 6.45) is 0. The highest BCUT2D eigenvalue weighted by Gasteiger charge is 1.97. The molecule has 0 aliphatic heterocycles. The van der Waals surface area contributed by atoms with Gasteiger partial charge in [0.15, 0.2) is 5.75 Å². The maximum absolute atomic E-state index is 5.66. The van der Waals surface area contributed by atoms with Gasteiger partial charge in [0.1, 0.15) is 0 Å². The number of hydrogen-bond donors (Lipinski definition) is 1. The summed E-state index contributed by atoms with van der Waals surface area (Å²) in [5, 5.41) is 0.631. The van der Waals surface area contributed by atoms with E-state index in [0.29, 0.717) is 10.8 Å². The van der Waals surface area contributed by atoms with Crippen LogP contribution in [0.5, 0.6) is 5.75 Å². The Morgan fingerprint density at radius 1 is 1.45 bits per heavy atom. The molecule has 0 aromatic heterocycles. The maximum Gasteiger partial charge on any atom is 0.151 e. The highest BCUT2D eigenvalue weighted by atomic mass is 35.5. The summed E-state index contributed by atoms with van der Waals surface area (Å²) >= 11 is 5.66. The lowest BCUT2D eigenvalue weighted by Gasteiger charge is -2.01. The molecule has 11 heavy (non-hydrogen) atoms. The molecule has 1 aromatic carbocycles. The molecule has 0 saturated heterocycles. The molecular formula is C7H9Cl2NO. The monoisotopic (exact) mass is 193 g/mol. The summed E-state index contributed by atoms with van der Waals surface area (Å²) in [5.41, 5.74) is 0.979. The van der Waals surface area contributed by atoms with Crippen molar-refractivity contribution in [2.24, 2.45) is 5.90 Å². The summed E-state index contributed by atoms with van der Waals surface area (Å²) in [5.74, 6) is 5.58. The van der Waals surface area contributed by atoms with Gasteiger partial charge in [0, 0.05) is 11.1 Å². The summed E-state index contributed by atoms with van der Waals surface area (Å²) < 4.78 is 0. The number of benzene rings is 1. The first-order valence-corrected chi connectivity index (χ1v) is 3.24. The molecule has 2 nitrogen and oxygen atoms in total. The quantitative estimate of drug-likeness (QED) is 0.696. The van der Waals surface area contributed by atoms with Crippen molar-refractivity contribution >= 4 is 24.0 Å². The summed E-state index contributed by atoms with van der Waals surface area (Å²) in [7, 11) is 0. The summed E-state index contributed by atoms with van der Waals surface area (Å²) in [6.45, 7) is 1.90. The van der Waals surface area contributed by atoms with Crippen molar-refractivity contribution < 1.29 is 4.84 Å². The van der Waals surface area contributed by atoms with Gasteiger partial charge in [0.2, 0.25) is 0 Å². The fourth-order valence-electron chi connectivity index (χ4n) is 0.701. The minimum atomic E-state index is 0. The third-order valence-corrected chi connectivity index (χ3v) is 1.51. The van der Waals surface area contributed by atoms with Crippen molar-refractivity contribution in [3.63, 3.8) is 0 Å². The fourth-order valence-corrected chi connectivity index (χ4v) is 0.863. The van der Waals surface area contributed by atoms with E-state index < -0.39 is 0 Å². The van der Waals surface area contributed by atoms with E-state index in [4.69, 9.17) is 17.5 Å². The van der Waals surface area contributed by atoms with Gasteiger partial charge in [-0.25, -0.2) is 0 Å². The zero-order valence-electron chi connectivity index (χ0n) is 6.00. The molecule has 0 saturated carbocycles. The van der Waals surface area contributed by atoms with Crippen LogP contribution in [0, 0.1) is 6.92 Å². The first kappa shape index (κ1) is 10.6. The molecule has 0 unspecified atom stereocenters. The molecule has 4 heteroatoms. The van der Waals surface area contributed by atoms with Gasteiger partial charge in [0.05, 0.1) is 0 Å². The molecule has 1 aromatic rings. The second-order valence-electron chi connectivity index (χ2n) is 2.03. The van der Waals surface area contributed by atoms with Crippen LogP contribution in [0.3, 0.4) is 0 Å². The topological polar surface area (TPSA) is 35.2 Å². The SMILES string of the molecule is Cc1ccc(Cl)cc1ON.Cl. The van der Waals surface area contributed by atoms with Crippen LogP contribution >= 0.6 is 24.0 Å². The fraction of sp³-hybridized carbons (Fsp3) is 0.143. The molecule has 1 rings (SSSR count). The Kier molecular flexibility index (Phi) is 4.26. The van der Waals surface area contributed by atoms with Gasteiger partial charge in [-0.05, 0) is 18.6 Å². The van der Waals surface area contributed by atoms with Gasteiger partial charge >= 0.3 is 0 Å². The summed E-state index contributed by atoms with van der Waals surface area (Å²) in [4.78, 5) is 4.54. The first-order chi connectivity index (χ1) is 4.74. The van der Waals surface area contributed by atoms with Crippen LogP contribution in [0.15, 0.2) is 18.2 Å². The van der Waals surface area contributed by atoms with Crippen molar-refractivity contribution in [3.8, 4) is 5.75 Å². The number of aryl methyl sites for hydroxylation is 1. The average molecular weight is 194 g/mol. The smallest absolute Gasteiger partial charge is 0.151 e. The predicted octanol–water partition coefficient (Wildman–Crippen LogP) is 2.32. The lowest BCUT2D eigenvalue weighted by molar-refractivity contribution is 0.332. The zero-order chi connectivity index (χ0) is 7.56.